The molecule has 0 aliphatic heterocycles. The quantitative estimate of drug-likeness (QED) is 0.0999. The van der Waals surface area contributed by atoms with Gasteiger partial charge in [-0.2, -0.15) is 0 Å². The van der Waals surface area contributed by atoms with Crippen molar-refractivity contribution in [2.45, 2.75) is 32.6 Å². The van der Waals surface area contributed by atoms with Crippen molar-refractivity contribution in [2.24, 2.45) is 0 Å². The van der Waals surface area contributed by atoms with Crippen LogP contribution in [0.1, 0.15) is 32.6 Å². The monoisotopic (exact) mass is 539 g/mol. The molecule has 0 radical (unpaired) electrons. The summed E-state index contributed by atoms with van der Waals surface area (Å²) in [5.41, 5.74) is 0. The largest absolute Gasteiger partial charge is 0.481 e. The molecule has 0 aliphatic rings. The highest BCUT2D eigenvalue weighted by Crippen LogP contribution is 1.91. The van der Waals surface area contributed by atoms with Crippen LogP contribution in [0.15, 0.2) is 0 Å². The van der Waals surface area contributed by atoms with Crippen molar-refractivity contribution in [3.8, 4) is 0 Å². The van der Waals surface area contributed by atoms with Gasteiger partial charge in [-0.15, -0.1) is 0 Å². The number of amides is 1. The van der Waals surface area contributed by atoms with Gasteiger partial charge in [0, 0.05) is 19.6 Å². The number of carbonyl (C=O) groups excluding carboxylic acids is 2. The predicted octanol–water partition coefficient (Wildman–Crippen LogP) is 0.427. The van der Waals surface area contributed by atoms with Crippen LogP contribution in [-0.4, -0.2) is 129 Å². The fourth-order valence-corrected chi connectivity index (χ4v) is 2.52. The molecule has 0 unspecified atom stereocenters. The first kappa shape index (κ1) is 35.1. The zero-order valence-corrected chi connectivity index (χ0v) is 22.1. The van der Waals surface area contributed by atoms with E-state index in [-0.39, 0.29) is 31.1 Å². The predicted molar refractivity (Wildman–Crippen MR) is 131 cm³/mol. The van der Waals surface area contributed by atoms with Crippen molar-refractivity contribution < 1.29 is 57.4 Å². The Morgan fingerprint density at radius 1 is 0.568 bits per heavy atom. The van der Waals surface area contributed by atoms with Gasteiger partial charge in [0.1, 0.15) is 0 Å². The van der Waals surface area contributed by atoms with E-state index in [0.29, 0.717) is 112 Å². The molecule has 0 spiro atoms. The molecule has 0 aromatic rings. The third-order valence-corrected chi connectivity index (χ3v) is 4.34. The minimum absolute atomic E-state index is 0.0104. The van der Waals surface area contributed by atoms with Crippen molar-refractivity contribution in [2.75, 3.05) is 106 Å². The Balaban J connectivity index is 3.11. The molecular weight excluding hydrogens is 494 g/mol. The summed E-state index contributed by atoms with van der Waals surface area (Å²) in [5, 5.41) is 11.1. The number of carboxylic acids is 1. The average Bonchev–Trinajstić information content (AvgIpc) is 2.87. The van der Waals surface area contributed by atoms with Gasteiger partial charge in [-0.25, -0.2) is 0 Å². The van der Waals surface area contributed by atoms with Crippen molar-refractivity contribution in [1.82, 2.24) is 5.32 Å². The van der Waals surface area contributed by atoms with E-state index in [1.54, 1.807) is 6.92 Å². The molecule has 0 aromatic heterocycles. The Morgan fingerprint density at radius 3 is 1.38 bits per heavy atom. The van der Waals surface area contributed by atoms with Crippen LogP contribution in [0.4, 0.5) is 0 Å². The molecule has 0 rings (SSSR count). The zero-order chi connectivity index (χ0) is 27.2. The molecule has 37 heavy (non-hydrogen) atoms. The first-order valence-corrected chi connectivity index (χ1v) is 12.7. The first-order valence-electron chi connectivity index (χ1n) is 12.7. The number of rotatable bonds is 29. The maximum absolute atomic E-state index is 11.3. The highest BCUT2D eigenvalue weighted by Gasteiger charge is 2.04. The van der Waals surface area contributed by atoms with Gasteiger partial charge in [0.2, 0.25) is 5.91 Å². The summed E-state index contributed by atoms with van der Waals surface area (Å²) in [6.07, 6.45) is 0.725. The second-order valence-corrected chi connectivity index (χ2v) is 7.44. The molecule has 2 N–H and O–H groups in total. The van der Waals surface area contributed by atoms with Gasteiger partial charge in [0.05, 0.1) is 105 Å². The van der Waals surface area contributed by atoms with Gasteiger partial charge in [-0.05, 0) is 13.3 Å². The van der Waals surface area contributed by atoms with Crippen LogP contribution in [0.25, 0.3) is 0 Å². The molecule has 0 saturated heterocycles. The zero-order valence-electron chi connectivity index (χ0n) is 22.1. The number of hydrogen-bond acceptors (Lipinski definition) is 11. The van der Waals surface area contributed by atoms with Crippen LogP contribution in [0, 0.1) is 0 Å². The maximum atomic E-state index is 11.3. The highest BCUT2D eigenvalue weighted by atomic mass is 16.6. The lowest BCUT2D eigenvalue weighted by Gasteiger charge is -2.08. The lowest BCUT2D eigenvalue weighted by atomic mass is 10.3. The molecule has 0 atom stereocenters. The number of ether oxygens (including phenoxy) is 8. The number of aliphatic carboxylic acids is 1. The van der Waals surface area contributed by atoms with Crippen LogP contribution in [0.2, 0.25) is 0 Å². The van der Waals surface area contributed by atoms with Gasteiger partial charge < -0.3 is 48.3 Å². The lowest BCUT2D eigenvalue weighted by molar-refractivity contribution is -0.144. The van der Waals surface area contributed by atoms with Crippen molar-refractivity contribution in [3.05, 3.63) is 0 Å². The minimum atomic E-state index is -0.984. The topological polar surface area (TPSA) is 157 Å². The molecule has 218 valence electrons. The molecule has 0 bridgehead atoms. The molecule has 13 heteroatoms. The molecular formula is C24H45NO12. The second kappa shape index (κ2) is 28.7. The van der Waals surface area contributed by atoms with E-state index < -0.39 is 5.97 Å². The fourth-order valence-electron chi connectivity index (χ4n) is 2.52. The van der Waals surface area contributed by atoms with Crippen LogP contribution < -0.4 is 5.32 Å². The van der Waals surface area contributed by atoms with Crippen LogP contribution in [0.3, 0.4) is 0 Å². The normalized spacial score (nSPS) is 10.9. The van der Waals surface area contributed by atoms with E-state index in [1.807, 2.05) is 0 Å². The lowest BCUT2D eigenvalue weighted by Crippen LogP contribution is -2.25. The Kier molecular flexibility index (Phi) is 27.2. The van der Waals surface area contributed by atoms with Gasteiger partial charge in [0.25, 0.3) is 0 Å². The van der Waals surface area contributed by atoms with Gasteiger partial charge in [-0.1, -0.05) is 0 Å². The smallest absolute Gasteiger partial charge is 0.308 e. The van der Waals surface area contributed by atoms with Crippen LogP contribution in [-0.2, 0) is 52.3 Å². The van der Waals surface area contributed by atoms with E-state index in [0.717, 1.165) is 0 Å². The van der Waals surface area contributed by atoms with E-state index in [1.165, 1.54) is 0 Å². The molecule has 1 amide bonds. The third-order valence-electron chi connectivity index (χ3n) is 4.34. The second-order valence-electron chi connectivity index (χ2n) is 7.44. The Bertz CT molecular complexity index is 550. The van der Waals surface area contributed by atoms with Gasteiger partial charge in [0.15, 0.2) is 0 Å². The average molecular weight is 540 g/mol. The van der Waals surface area contributed by atoms with E-state index in [9.17, 15) is 14.4 Å². The highest BCUT2D eigenvalue weighted by molar-refractivity contribution is 5.80. The number of carbonyl (C=O) groups is 3. The molecule has 0 fully saturated rings. The molecule has 0 heterocycles. The number of nitrogens with one attached hydrogen (secondary N) is 1. The van der Waals surface area contributed by atoms with Crippen LogP contribution in [0.5, 0.6) is 0 Å². The SMILES string of the molecule is CCOC(=O)CCOCCOCCOCCOCCOCCOCCOCCCNC(=O)CCC(=O)O. The van der Waals surface area contributed by atoms with Gasteiger partial charge in [-0.3, -0.25) is 14.4 Å². The maximum Gasteiger partial charge on any atom is 0.308 e. The standard InChI is InChI=1S/C24H45NO12/c1-2-37-24(29)6-9-31-11-13-33-15-17-35-19-21-36-20-18-34-16-14-32-12-10-30-8-3-7-25-22(26)4-5-23(27)28/h2-21H2,1H3,(H,25,26)(H,27,28). The molecule has 13 nitrogen and oxygen atoms in total. The Morgan fingerprint density at radius 2 is 0.973 bits per heavy atom. The Labute approximate surface area is 219 Å². The molecule has 0 aliphatic carbocycles. The molecule has 0 saturated carbocycles. The van der Waals surface area contributed by atoms with Crippen molar-refractivity contribution in [1.29, 1.82) is 0 Å². The van der Waals surface area contributed by atoms with Crippen LogP contribution >= 0.6 is 0 Å². The summed E-state index contributed by atoms with van der Waals surface area (Å²) >= 11 is 0. The number of hydrogen-bond donors (Lipinski definition) is 2. The summed E-state index contributed by atoms with van der Waals surface area (Å²) in [6.45, 7) is 8.92. The molecule has 0 aromatic carbocycles. The number of esters is 1. The van der Waals surface area contributed by atoms with E-state index in [4.69, 9.17) is 43.0 Å². The summed E-state index contributed by atoms with van der Waals surface area (Å²) < 4.78 is 42.4. The van der Waals surface area contributed by atoms with Crippen molar-refractivity contribution >= 4 is 17.8 Å². The minimum Gasteiger partial charge on any atom is -0.481 e. The first-order chi connectivity index (χ1) is 18.1. The van der Waals surface area contributed by atoms with Gasteiger partial charge >= 0.3 is 11.9 Å². The summed E-state index contributed by atoms with van der Waals surface area (Å²) in [4.78, 5) is 32.8. The summed E-state index contributed by atoms with van der Waals surface area (Å²) in [7, 11) is 0. The third kappa shape index (κ3) is 30.2. The van der Waals surface area contributed by atoms with Crippen molar-refractivity contribution in [3.63, 3.8) is 0 Å². The summed E-state index contributed by atoms with van der Waals surface area (Å²) in [5.74, 6) is -1.51. The van der Waals surface area contributed by atoms with E-state index >= 15 is 0 Å². The number of carboxylic acid groups (broad SMARTS) is 1. The summed E-state index contributed by atoms with van der Waals surface area (Å²) in [6, 6.07) is 0. The fraction of sp³-hybridized carbons (Fsp3) is 0.875. The Hall–Kier alpha value is -1.87. The van der Waals surface area contributed by atoms with E-state index in [2.05, 4.69) is 5.32 Å².